The third kappa shape index (κ3) is 7.19. The van der Waals surface area contributed by atoms with Crippen LogP contribution in [0.2, 0.25) is 0 Å². The van der Waals surface area contributed by atoms with Gasteiger partial charge in [-0.15, -0.1) is 0 Å². The highest BCUT2D eigenvalue weighted by molar-refractivity contribution is 7.86. The van der Waals surface area contributed by atoms with Crippen LogP contribution in [-0.4, -0.2) is 62.5 Å². The lowest BCUT2D eigenvalue weighted by molar-refractivity contribution is -0.145. The number of hydrogen-bond donors (Lipinski definition) is 0. The van der Waals surface area contributed by atoms with Crippen LogP contribution in [0, 0.1) is 0 Å². The fourth-order valence-corrected chi connectivity index (χ4v) is 3.74. The van der Waals surface area contributed by atoms with Crippen molar-refractivity contribution < 1.29 is 31.7 Å². The van der Waals surface area contributed by atoms with Gasteiger partial charge >= 0.3 is 12.1 Å². The molecule has 0 bridgehead atoms. The summed E-state index contributed by atoms with van der Waals surface area (Å²) in [5, 5.41) is 0. The molecule has 1 fully saturated rings. The number of rotatable bonds is 7. The standard InChI is InChI=1S/C16H29NO7S/c1-6-7-8-9-25(20,21)24-12-10-13(14(18)22-5)17(11-12)15(19)23-16(2,3)4/h12-13H,6-11H2,1-5H3. The molecule has 2 atom stereocenters. The van der Waals surface area contributed by atoms with Gasteiger partial charge in [-0.05, 0) is 27.2 Å². The van der Waals surface area contributed by atoms with E-state index in [1.54, 1.807) is 20.8 Å². The van der Waals surface area contributed by atoms with Crippen LogP contribution in [0.15, 0.2) is 0 Å². The van der Waals surface area contributed by atoms with Crippen molar-refractivity contribution in [3.63, 3.8) is 0 Å². The van der Waals surface area contributed by atoms with Gasteiger partial charge < -0.3 is 9.47 Å². The van der Waals surface area contributed by atoms with Gasteiger partial charge in [0.25, 0.3) is 10.1 Å². The second-order valence-electron chi connectivity index (χ2n) is 7.09. The van der Waals surface area contributed by atoms with Crippen LogP contribution in [0.5, 0.6) is 0 Å². The zero-order valence-electron chi connectivity index (χ0n) is 15.6. The Morgan fingerprint density at radius 2 is 1.84 bits per heavy atom. The van der Waals surface area contributed by atoms with Gasteiger partial charge in [0, 0.05) is 6.42 Å². The lowest BCUT2D eigenvalue weighted by Gasteiger charge is -2.27. The molecule has 0 radical (unpaired) electrons. The lowest BCUT2D eigenvalue weighted by atomic mass is 10.2. The second-order valence-corrected chi connectivity index (χ2v) is 8.81. The summed E-state index contributed by atoms with van der Waals surface area (Å²) in [5.41, 5.74) is -0.733. The molecule has 1 rings (SSSR count). The zero-order chi connectivity index (χ0) is 19.3. The van der Waals surface area contributed by atoms with Crippen LogP contribution in [0.4, 0.5) is 4.79 Å². The molecular weight excluding hydrogens is 350 g/mol. The highest BCUT2D eigenvalue weighted by atomic mass is 32.2. The minimum atomic E-state index is -3.71. The Morgan fingerprint density at radius 3 is 2.36 bits per heavy atom. The summed E-state index contributed by atoms with van der Waals surface area (Å²) in [5.74, 6) is -0.701. The molecule has 0 aromatic carbocycles. The van der Waals surface area contributed by atoms with Gasteiger partial charge in [-0.25, -0.2) is 9.59 Å². The zero-order valence-corrected chi connectivity index (χ0v) is 16.4. The monoisotopic (exact) mass is 379 g/mol. The molecule has 0 aromatic rings. The molecule has 0 aromatic heterocycles. The van der Waals surface area contributed by atoms with Crippen molar-refractivity contribution >= 4 is 22.2 Å². The smallest absolute Gasteiger partial charge is 0.411 e. The summed E-state index contributed by atoms with van der Waals surface area (Å²) < 4.78 is 39.3. The number of hydrogen-bond acceptors (Lipinski definition) is 7. The first kappa shape index (κ1) is 21.7. The van der Waals surface area contributed by atoms with Crippen molar-refractivity contribution in [2.24, 2.45) is 0 Å². The molecule has 25 heavy (non-hydrogen) atoms. The number of nitrogens with zero attached hydrogens (tertiary/aromatic N) is 1. The molecule has 1 amide bonds. The molecule has 1 saturated heterocycles. The molecule has 2 unspecified atom stereocenters. The van der Waals surface area contributed by atoms with Crippen molar-refractivity contribution in [1.82, 2.24) is 4.90 Å². The van der Waals surface area contributed by atoms with Crippen LogP contribution in [0.25, 0.3) is 0 Å². The molecular formula is C16H29NO7S. The number of ether oxygens (including phenoxy) is 2. The maximum Gasteiger partial charge on any atom is 0.411 e. The molecule has 0 saturated carbocycles. The summed E-state index contributed by atoms with van der Waals surface area (Å²) in [6, 6.07) is -0.921. The summed E-state index contributed by atoms with van der Waals surface area (Å²) in [4.78, 5) is 25.4. The van der Waals surface area contributed by atoms with Crippen LogP contribution < -0.4 is 0 Å². The first-order valence-electron chi connectivity index (χ1n) is 8.47. The predicted molar refractivity (Wildman–Crippen MR) is 91.5 cm³/mol. The molecule has 0 aliphatic carbocycles. The second kappa shape index (κ2) is 8.84. The van der Waals surface area contributed by atoms with E-state index in [1.807, 2.05) is 6.92 Å². The third-order valence-corrected chi connectivity index (χ3v) is 5.00. The highest BCUT2D eigenvalue weighted by Crippen LogP contribution is 2.25. The lowest BCUT2D eigenvalue weighted by Crippen LogP contribution is -2.44. The van der Waals surface area contributed by atoms with Gasteiger partial charge in [0.15, 0.2) is 0 Å². The van der Waals surface area contributed by atoms with Crippen molar-refractivity contribution in [3.05, 3.63) is 0 Å². The van der Waals surface area contributed by atoms with E-state index >= 15 is 0 Å². The molecule has 0 spiro atoms. The fraction of sp³-hybridized carbons (Fsp3) is 0.875. The van der Waals surface area contributed by atoms with Crippen LogP contribution >= 0.6 is 0 Å². The Balaban J connectivity index is 2.79. The van der Waals surface area contributed by atoms with E-state index in [9.17, 15) is 18.0 Å². The number of unbranched alkanes of at least 4 members (excludes halogenated alkanes) is 2. The SMILES string of the molecule is CCCCCS(=O)(=O)OC1CC(C(=O)OC)N(C(=O)OC(C)(C)C)C1. The summed E-state index contributed by atoms with van der Waals surface area (Å²) in [6.45, 7) is 7.06. The largest absolute Gasteiger partial charge is 0.467 e. The minimum absolute atomic E-state index is 0.0400. The molecule has 1 aliphatic rings. The Morgan fingerprint density at radius 1 is 1.20 bits per heavy atom. The van der Waals surface area contributed by atoms with E-state index in [0.29, 0.717) is 6.42 Å². The van der Waals surface area contributed by atoms with Gasteiger partial charge in [0.1, 0.15) is 11.6 Å². The van der Waals surface area contributed by atoms with E-state index in [-0.39, 0.29) is 18.7 Å². The van der Waals surface area contributed by atoms with Gasteiger partial charge in [-0.3, -0.25) is 9.08 Å². The first-order chi connectivity index (χ1) is 11.5. The normalized spacial score (nSPS) is 21.2. The van der Waals surface area contributed by atoms with E-state index < -0.39 is 39.9 Å². The van der Waals surface area contributed by atoms with Crippen molar-refractivity contribution in [3.8, 4) is 0 Å². The van der Waals surface area contributed by atoms with Crippen LogP contribution in [-0.2, 0) is 28.6 Å². The highest BCUT2D eigenvalue weighted by Gasteiger charge is 2.44. The maximum atomic E-state index is 12.3. The van der Waals surface area contributed by atoms with E-state index in [0.717, 1.165) is 12.8 Å². The molecule has 0 N–H and O–H groups in total. The van der Waals surface area contributed by atoms with Crippen molar-refractivity contribution in [2.75, 3.05) is 19.4 Å². The Labute approximate surface area is 149 Å². The Kier molecular flexibility index (Phi) is 7.67. The van der Waals surface area contributed by atoms with Crippen LogP contribution in [0.1, 0.15) is 53.4 Å². The average molecular weight is 379 g/mol. The Bertz CT molecular complexity index is 568. The maximum absolute atomic E-state index is 12.3. The number of likely N-dealkylation sites (tertiary alicyclic amines) is 1. The number of methoxy groups -OCH3 is 1. The number of esters is 1. The number of carbonyl (C=O) groups is 2. The number of amides is 1. The molecule has 9 heteroatoms. The first-order valence-corrected chi connectivity index (χ1v) is 10.0. The molecule has 8 nitrogen and oxygen atoms in total. The quantitative estimate of drug-likeness (QED) is 0.379. The van der Waals surface area contributed by atoms with Gasteiger partial charge in [0.05, 0.1) is 25.5 Å². The van der Waals surface area contributed by atoms with Gasteiger partial charge in [-0.1, -0.05) is 19.8 Å². The van der Waals surface area contributed by atoms with E-state index in [2.05, 4.69) is 0 Å². The van der Waals surface area contributed by atoms with E-state index in [1.165, 1.54) is 12.0 Å². The van der Waals surface area contributed by atoms with Gasteiger partial charge in [-0.2, -0.15) is 8.42 Å². The average Bonchev–Trinajstić information content (AvgIpc) is 2.88. The topological polar surface area (TPSA) is 99.2 Å². The van der Waals surface area contributed by atoms with Crippen molar-refractivity contribution in [1.29, 1.82) is 0 Å². The summed E-state index contributed by atoms with van der Waals surface area (Å²) >= 11 is 0. The van der Waals surface area contributed by atoms with Crippen molar-refractivity contribution in [2.45, 2.75) is 71.1 Å². The van der Waals surface area contributed by atoms with Crippen LogP contribution in [0.3, 0.4) is 0 Å². The molecule has 1 aliphatic heterocycles. The van der Waals surface area contributed by atoms with Gasteiger partial charge in [0.2, 0.25) is 0 Å². The summed E-state index contributed by atoms with van der Waals surface area (Å²) in [6.07, 6.45) is 0.777. The fourth-order valence-electron chi connectivity index (χ4n) is 2.53. The predicted octanol–water partition coefficient (Wildman–Crippen LogP) is 2.07. The molecule has 146 valence electrons. The minimum Gasteiger partial charge on any atom is -0.467 e. The third-order valence-electron chi connectivity index (χ3n) is 3.64. The Hall–Kier alpha value is -1.35. The summed E-state index contributed by atoms with van der Waals surface area (Å²) in [7, 11) is -2.49. The molecule has 1 heterocycles. The van der Waals surface area contributed by atoms with E-state index in [4.69, 9.17) is 13.7 Å². The number of carbonyl (C=O) groups excluding carboxylic acids is 2.